The molecule has 3 rings (SSSR count). The predicted octanol–water partition coefficient (Wildman–Crippen LogP) is 3.19. The lowest BCUT2D eigenvalue weighted by Gasteiger charge is -2.13. The SMILES string of the molecule is COc1cc(-c2ncnc(N)c2C#N)ccc1OCc1ccccc1. The van der Waals surface area contributed by atoms with Crippen LogP contribution in [0.15, 0.2) is 54.9 Å². The molecule has 2 aromatic carbocycles. The van der Waals surface area contributed by atoms with E-state index in [0.29, 0.717) is 29.4 Å². The number of nitrogens with zero attached hydrogens (tertiary/aromatic N) is 3. The maximum Gasteiger partial charge on any atom is 0.161 e. The first kappa shape index (κ1) is 16.3. The normalized spacial score (nSPS) is 10.1. The largest absolute Gasteiger partial charge is 0.493 e. The summed E-state index contributed by atoms with van der Waals surface area (Å²) in [5.41, 5.74) is 8.21. The Hall–Kier alpha value is -3.59. The molecule has 124 valence electrons. The number of nitrogen functional groups attached to an aromatic ring is 1. The van der Waals surface area contributed by atoms with Crippen molar-refractivity contribution in [2.45, 2.75) is 6.61 Å². The number of rotatable bonds is 5. The second kappa shape index (κ2) is 7.32. The molecule has 0 saturated carbocycles. The molecular formula is C19H16N4O2. The Morgan fingerprint density at radius 3 is 2.60 bits per heavy atom. The van der Waals surface area contributed by atoms with Crippen molar-refractivity contribution >= 4 is 5.82 Å². The van der Waals surface area contributed by atoms with E-state index < -0.39 is 0 Å². The number of anilines is 1. The van der Waals surface area contributed by atoms with Gasteiger partial charge in [0, 0.05) is 5.56 Å². The highest BCUT2D eigenvalue weighted by Gasteiger charge is 2.14. The van der Waals surface area contributed by atoms with Crippen LogP contribution in [0.4, 0.5) is 5.82 Å². The first-order chi connectivity index (χ1) is 12.2. The van der Waals surface area contributed by atoms with E-state index in [0.717, 1.165) is 5.56 Å². The van der Waals surface area contributed by atoms with Gasteiger partial charge in [0.2, 0.25) is 0 Å². The monoisotopic (exact) mass is 332 g/mol. The number of hydrogen-bond acceptors (Lipinski definition) is 6. The van der Waals surface area contributed by atoms with Crippen LogP contribution in [-0.4, -0.2) is 17.1 Å². The molecule has 0 aliphatic carbocycles. The highest BCUT2D eigenvalue weighted by Crippen LogP contribution is 2.34. The minimum Gasteiger partial charge on any atom is -0.493 e. The predicted molar refractivity (Wildman–Crippen MR) is 93.9 cm³/mol. The molecule has 0 radical (unpaired) electrons. The molecule has 1 heterocycles. The van der Waals surface area contributed by atoms with Gasteiger partial charge >= 0.3 is 0 Å². The summed E-state index contributed by atoms with van der Waals surface area (Å²) in [5.74, 6) is 1.31. The topological polar surface area (TPSA) is 94.0 Å². The average molecular weight is 332 g/mol. The van der Waals surface area contributed by atoms with Crippen LogP contribution in [0.5, 0.6) is 11.5 Å². The first-order valence-corrected chi connectivity index (χ1v) is 7.58. The standard InChI is InChI=1S/C19H16N4O2/c1-24-17-9-14(18-15(10-20)19(21)23-12-22-18)7-8-16(17)25-11-13-5-3-2-4-6-13/h2-9,12H,11H2,1H3,(H2,21,22,23). The third-order valence-corrected chi connectivity index (χ3v) is 3.66. The molecule has 6 nitrogen and oxygen atoms in total. The van der Waals surface area contributed by atoms with E-state index in [4.69, 9.17) is 15.2 Å². The van der Waals surface area contributed by atoms with E-state index in [1.807, 2.05) is 42.5 Å². The summed E-state index contributed by atoms with van der Waals surface area (Å²) in [6.07, 6.45) is 1.33. The number of hydrogen-bond donors (Lipinski definition) is 1. The quantitative estimate of drug-likeness (QED) is 0.771. The van der Waals surface area contributed by atoms with Gasteiger partial charge in [-0.2, -0.15) is 5.26 Å². The fourth-order valence-electron chi connectivity index (χ4n) is 2.40. The number of aromatic nitrogens is 2. The Bertz CT molecular complexity index is 920. The second-order valence-electron chi connectivity index (χ2n) is 5.23. The summed E-state index contributed by atoms with van der Waals surface area (Å²) in [6.45, 7) is 0.431. The molecule has 0 unspecified atom stereocenters. The van der Waals surface area contributed by atoms with Gasteiger partial charge in [-0.1, -0.05) is 30.3 Å². The zero-order valence-electron chi connectivity index (χ0n) is 13.6. The van der Waals surface area contributed by atoms with Gasteiger partial charge in [0.1, 0.15) is 30.4 Å². The van der Waals surface area contributed by atoms with E-state index in [1.54, 1.807) is 19.2 Å². The summed E-state index contributed by atoms with van der Waals surface area (Å²) in [7, 11) is 1.56. The summed E-state index contributed by atoms with van der Waals surface area (Å²) >= 11 is 0. The lowest BCUT2D eigenvalue weighted by molar-refractivity contribution is 0.284. The van der Waals surface area contributed by atoms with Gasteiger partial charge in [0.15, 0.2) is 11.5 Å². The maximum atomic E-state index is 9.29. The molecular weight excluding hydrogens is 316 g/mol. The van der Waals surface area contributed by atoms with E-state index in [-0.39, 0.29) is 11.4 Å². The smallest absolute Gasteiger partial charge is 0.161 e. The molecule has 3 aromatic rings. The van der Waals surface area contributed by atoms with Crippen molar-refractivity contribution in [3.63, 3.8) is 0 Å². The Labute approximate surface area is 145 Å². The van der Waals surface area contributed by atoms with Gasteiger partial charge in [-0.05, 0) is 23.8 Å². The molecule has 25 heavy (non-hydrogen) atoms. The van der Waals surface area contributed by atoms with Gasteiger partial charge in [0.25, 0.3) is 0 Å². The average Bonchev–Trinajstić information content (AvgIpc) is 2.67. The molecule has 0 amide bonds. The van der Waals surface area contributed by atoms with E-state index in [2.05, 4.69) is 9.97 Å². The Kier molecular flexibility index (Phi) is 4.77. The van der Waals surface area contributed by atoms with Crippen LogP contribution in [0, 0.1) is 11.3 Å². The Morgan fingerprint density at radius 1 is 1.08 bits per heavy atom. The molecule has 0 spiro atoms. The third-order valence-electron chi connectivity index (χ3n) is 3.66. The van der Waals surface area contributed by atoms with Gasteiger partial charge in [-0.15, -0.1) is 0 Å². The number of methoxy groups -OCH3 is 1. The molecule has 1 aromatic heterocycles. The number of nitriles is 1. The molecule has 0 aliphatic rings. The zero-order chi connectivity index (χ0) is 17.6. The number of benzene rings is 2. The van der Waals surface area contributed by atoms with Crippen molar-refractivity contribution in [1.82, 2.24) is 9.97 Å². The molecule has 0 fully saturated rings. The lowest BCUT2D eigenvalue weighted by Crippen LogP contribution is -2.01. The van der Waals surface area contributed by atoms with Crippen molar-refractivity contribution in [2.75, 3.05) is 12.8 Å². The lowest BCUT2D eigenvalue weighted by atomic mass is 10.1. The van der Waals surface area contributed by atoms with Crippen molar-refractivity contribution in [2.24, 2.45) is 0 Å². The van der Waals surface area contributed by atoms with Crippen LogP contribution in [0.3, 0.4) is 0 Å². The third kappa shape index (κ3) is 3.51. The summed E-state index contributed by atoms with van der Waals surface area (Å²) in [5, 5.41) is 9.29. The second-order valence-corrected chi connectivity index (χ2v) is 5.23. The van der Waals surface area contributed by atoms with Crippen LogP contribution in [-0.2, 0) is 6.61 Å². The number of ether oxygens (including phenoxy) is 2. The van der Waals surface area contributed by atoms with Crippen molar-refractivity contribution in [1.29, 1.82) is 5.26 Å². The van der Waals surface area contributed by atoms with Crippen molar-refractivity contribution in [3.8, 4) is 28.8 Å². The molecule has 0 atom stereocenters. The van der Waals surface area contributed by atoms with Crippen LogP contribution in [0.1, 0.15) is 11.1 Å². The summed E-state index contributed by atoms with van der Waals surface area (Å²) < 4.78 is 11.3. The van der Waals surface area contributed by atoms with Crippen LogP contribution in [0.2, 0.25) is 0 Å². The molecule has 6 heteroatoms. The van der Waals surface area contributed by atoms with E-state index in [9.17, 15) is 5.26 Å². The van der Waals surface area contributed by atoms with Crippen LogP contribution in [0.25, 0.3) is 11.3 Å². The van der Waals surface area contributed by atoms with E-state index in [1.165, 1.54) is 6.33 Å². The minimum atomic E-state index is 0.149. The van der Waals surface area contributed by atoms with Gasteiger partial charge in [0.05, 0.1) is 12.8 Å². The maximum absolute atomic E-state index is 9.29. The number of nitrogens with two attached hydrogens (primary N) is 1. The minimum absolute atomic E-state index is 0.149. The fourth-order valence-corrected chi connectivity index (χ4v) is 2.40. The van der Waals surface area contributed by atoms with Crippen LogP contribution < -0.4 is 15.2 Å². The van der Waals surface area contributed by atoms with E-state index >= 15 is 0 Å². The van der Waals surface area contributed by atoms with Gasteiger partial charge in [-0.3, -0.25) is 0 Å². The molecule has 2 N–H and O–H groups in total. The van der Waals surface area contributed by atoms with Crippen LogP contribution >= 0.6 is 0 Å². The first-order valence-electron chi connectivity index (χ1n) is 7.58. The highest BCUT2D eigenvalue weighted by atomic mass is 16.5. The zero-order valence-corrected chi connectivity index (χ0v) is 13.6. The van der Waals surface area contributed by atoms with Crippen molar-refractivity contribution in [3.05, 3.63) is 66.0 Å². The van der Waals surface area contributed by atoms with Gasteiger partial charge in [-0.25, -0.2) is 9.97 Å². The Balaban J connectivity index is 1.90. The molecule has 0 bridgehead atoms. The van der Waals surface area contributed by atoms with Crippen molar-refractivity contribution < 1.29 is 9.47 Å². The Morgan fingerprint density at radius 2 is 1.88 bits per heavy atom. The molecule has 0 saturated heterocycles. The molecule has 0 aliphatic heterocycles. The summed E-state index contributed by atoms with van der Waals surface area (Å²) in [6, 6.07) is 17.3. The summed E-state index contributed by atoms with van der Waals surface area (Å²) in [4.78, 5) is 8.02. The van der Waals surface area contributed by atoms with Gasteiger partial charge < -0.3 is 15.2 Å². The highest BCUT2D eigenvalue weighted by molar-refractivity contribution is 5.73. The fraction of sp³-hybridized carbons (Fsp3) is 0.105.